The van der Waals surface area contributed by atoms with Gasteiger partial charge in [-0.15, -0.1) is 10.2 Å². The van der Waals surface area contributed by atoms with Crippen LogP contribution in [0.3, 0.4) is 0 Å². The van der Waals surface area contributed by atoms with E-state index in [2.05, 4.69) is 15.5 Å². The van der Waals surface area contributed by atoms with Crippen molar-refractivity contribution in [2.75, 3.05) is 19.0 Å². The van der Waals surface area contributed by atoms with Crippen LogP contribution in [0.5, 0.6) is 5.75 Å². The highest BCUT2D eigenvalue weighted by Crippen LogP contribution is 2.31. The largest absolute Gasteiger partial charge is 0.497 e. The van der Waals surface area contributed by atoms with Gasteiger partial charge in [0.15, 0.2) is 11.0 Å². The number of carbonyl (C=O) groups is 1. The van der Waals surface area contributed by atoms with Crippen molar-refractivity contribution in [3.05, 3.63) is 53.3 Å². The molecule has 10 heteroatoms. The van der Waals surface area contributed by atoms with Crippen LogP contribution in [-0.4, -0.2) is 45.7 Å². The van der Waals surface area contributed by atoms with E-state index in [1.165, 1.54) is 23.9 Å². The Labute approximate surface area is 200 Å². The summed E-state index contributed by atoms with van der Waals surface area (Å²) in [5.41, 5.74) is 1.25. The van der Waals surface area contributed by atoms with Gasteiger partial charge in [-0.05, 0) is 62.2 Å². The standard InChI is InChI=1S/C23H24ClFN4O3S/c1-14(22(30)26-20-10-7-16(25)12-19(20)24)33-23-28-27-21(15-5-8-17(31-2)9-6-15)29(23)13-18-4-3-11-32-18/h5-10,12,14,18H,3-4,11,13H2,1-2H3,(H,26,30)/t14-,18-/m0/s1. The highest BCUT2D eigenvalue weighted by molar-refractivity contribution is 8.00. The summed E-state index contributed by atoms with van der Waals surface area (Å²) in [6.07, 6.45) is 2.05. The molecule has 3 aromatic rings. The third-order valence-corrected chi connectivity index (χ3v) is 6.71. The molecular weight excluding hydrogens is 467 g/mol. The molecule has 2 atom stereocenters. The molecule has 2 heterocycles. The summed E-state index contributed by atoms with van der Waals surface area (Å²) in [7, 11) is 1.62. The highest BCUT2D eigenvalue weighted by Gasteiger charge is 2.25. The first-order valence-corrected chi connectivity index (χ1v) is 11.8. The van der Waals surface area contributed by atoms with E-state index in [1.54, 1.807) is 14.0 Å². The number of rotatable bonds is 8. The number of aromatic nitrogens is 3. The van der Waals surface area contributed by atoms with Gasteiger partial charge in [-0.25, -0.2) is 4.39 Å². The van der Waals surface area contributed by atoms with Crippen LogP contribution in [0.1, 0.15) is 19.8 Å². The molecule has 2 aromatic carbocycles. The van der Waals surface area contributed by atoms with Crippen molar-refractivity contribution in [2.45, 2.75) is 42.8 Å². The molecule has 1 aliphatic heterocycles. The molecule has 0 aliphatic carbocycles. The number of nitrogens with zero attached hydrogens (tertiary/aromatic N) is 3. The minimum absolute atomic E-state index is 0.0690. The van der Waals surface area contributed by atoms with E-state index in [0.717, 1.165) is 36.8 Å². The third kappa shape index (κ3) is 5.66. The Kier molecular flexibility index (Phi) is 7.52. The van der Waals surface area contributed by atoms with Crippen LogP contribution in [0.15, 0.2) is 47.6 Å². The number of ether oxygens (including phenoxy) is 2. The molecular formula is C23H24ClFN4O3S. The molecule has 1 N–H and O–H groups in total. The van der Waals surface area contributed by atoms with Crippen LogP contribution in [0.25, 0.3) is 11.4 Å². The zero-order valence-corrected chi connectivity index (χ0v) is 19.8. The Morgan fingerprint density at radius 2 is 2.12 bits per heavy atom. The van der Waals surface area contributed by atoms with Crippen molar-refractivity contribution in [1.82, 2.24) is 14.8 Å². The fraction of sp³-hybridized carbons (Fsp3) is 0.348. The van der Waals surface area contributed by atoms with E-state index in [0.29, 0.717) is 23.2 Å². The molecule has 1 aromatic heterocycles. The summed E-state index contributed by atoms with van der Waals surface area (Å²) in [4.78, 5) is 12.8. The van der Waals surface area contributed by atoms with E-state index >= 15 is 0 Å². The number of benzene rings is 2. The molecule has 1 saturated heterocycles. The van der Waals surface area contributed by atoms with Crippen molar-refractivity contribution < 1.29 is 18.7 Å². The Morgan fingerprint density at radius 1 is 1.33 bits per heavy atom. The molecule has 0 unspecified atom stereocenters. The van der Waals surface area contributed by atoms with Gasteiger partial charge >= 0.3 is 0 Å². The number of carbonyl (C=O) groups excluding carboxylic acids is 1. The first-order chi connectivity index (χ1) is 15.9. The maximum Gasteiger partial charge on any atom is 0.237 e. The van der Waals surface area contributed by atoms with E-state index < -0.39 is 11.1 Å². The molecule has 0 saturated carbocycles. The number of halogens is 2. The number of methoxy groups -OCH3 is 1. The Bertz CT molecular complexity index is 1120. The van der Waals surface area contributed by atoms with Crippen LogP contribution in [0, 0.1) is 5.82 Å². The highest BCUT2D eigenvalue weighted by atomic mass is 35.5. The molecule has 0 spiro atoms. The lowest BCUT2D eigenvalue weighted by molar-refractivity contribution is -0.115. The second kappa shape index (κ2) is 10.5. The maximum absolute atomic E-state index is 13.3. The van der Waals surface area contributed by atoms with Gasteiger partial charge in [0.05, 0.1) is 35.7 Å². The Hall–Kier alpha value is -2.62. The van der Waals surface area contributed by atoms with Crippen molar-refractivity contribution >= 4 is 35.0 Å². The van der Waals surface area contributed by atoms with Gasteiger partial charge in [-0.2, -0.15) is 0 Å². The molecule has 0 radical (unpaired) electrons. The average Bonchev–Trinajstić information content (AvgIpc) is 3.46. The smallest absolute Gasteiger partial charge is 0.237 e. The lowest BCUT2D eigenvalue weighted by Gasteiger charge is -2.17. The number of hydrogen-bond acceptors (Lipinski definition) is 6. The van der Waals surface area contributed by atoms with E-state index in [4.69, 9.17) is 21.1 Å². The zero-order chi connectivity index (χ0) is 23.4. The van der Waals surface area contributed by atoms with Crippen LogP contribution < -0.4 is 10.1 Å². The summed E-state index contributed by atoms with van der Waals surface area (Å²) < 4.78 is 26.4. The monoisotopic (exact) mass is 490 g/mol. The van der Waals surface area contributed by atoms with Gasteiger partial charge in [0.1, 0.15) is 11.6 Å². The molecule has 7 nitrogen and oxygen atoms in total. The minimum Gasteiger partial charge on any atom is -0.497 e. The molecule has 174 valence electrons. The van der Waals surface area contributed by atoms with Crippen molar-refractivity contribution in [1.29, 1.82) is 0 Å². The quantitative estimate of drug-likeness (QED) is 0.445. The van der Waals surface area contributed by atoms with Crippen LogP contribution in [0.2, 0.25) is 5.02 Å². The number of anilines is 1. The molecule has 4 rings (SSSR count). The van der Waals surface area contributed by atoms with Gasteiger partial charge < -0.3 is 14.8 Å². The predicted octanol–water partition coefficient (Wildman–Crippen LogP) is 5.04. The van der Waals surface area contributed by atoms with Crippen molar-refractivity contribution in [3.8, 4) is 17.1 Å². The summed E-state index contributed by atoms with van der Waals surface area (Å²) >= 11 is 7.33. The van der Waals surface area contributed by atoms with Gasteiger partial charge in [0.2, 0.25) is 5.91 Å². The molecule has 1 amide bonds. The lowest BCUT2D eigenvalue weighted by atomic mass is 10.2. The topological polar surface area (TPSA) is 78.3 Å². The zero-order valence-electron chi connectivity index (χ0n) is 18.3. The number of nitrogens with one attached hydrogen (secondary N) is 1. The predicted molar refractivity (Wildman–Crippen MR) is 126 cm³/mol. The van der Waals surface area contributed by atoms with Gasteiger partial charge in [-0.3, -0.25) is 9.36 Å². The lowest BCUT2D eigenvalue weighted by Crippen LogP contribution is -2.24. The maximum atomic E-state index is 13.3. The number of hydrogen-bond donors (Lipinski definition) is 1. The second-order valence-electron chi connectivity index (χ2n) is 7.65. The molecule has 33 heavy (non-hydrogen) atoms. The normalized spacial score (nSPS) is 16.5. The molecule has 0 bridgehead atoms. The number of amides is 1. The third-order valence-electron chi connectivity index (χ3n) is 5.32. The summed E-state index contributed by atoms with van der Waals surface area (Å²) in [6.45, 7) is 3.11. The SMILES string of the molecule is COc1ccc(-c2nnc(S[C@@H](C)C(=O)Nc3ccc(F)cc3Cl)n2C[C@@H]2CCCO2)cc1. The molecule has 1 fully saturated rings. The van der Waals surface area contributed by atoms with Crippen molar-refractivity contribution in [2.24, 2.45) is 0 Å². The number of thioether (sulfide) groups is 1. The second-order valence-corrected chi connectivity index (χ2v) is 9.37. The summed E-state index contributed by atoms with van der Waals surface area (Å²) in [6, 6.07) is 11.4. The first kappa shape index (κ1) is 23.5. The first-order valence-electron chi connectivity index (χ1n) is 10.6. The summed E-state index contributed by atoms with van der Waals surface area (Å²) in [5, 5.41) is 11.8. The average molecular weight is 491 g/mol. The van der Waals surface area contributed by atoms with E-state index in [-0.39, 0.29) is 17.0 Å². The fourth-order valence-electron chi connectivity index (χ4n) is 3.52. The van der Waals surface area contributed by atoms with E-state index in [1.807, 2.05) is 28.8 Å². The Morgan fingerprint density at radius 3 is 2.79 bits per heavy atom. The van der Waals surface area contributed by atoms with Gasteiger partial charge in [0, 0.05) is 12.2 Å². The van der Waals surface area contributed by atoms with Crippen LogP contribution in [-0.2, 0) is 16.1 Å². The van der Waals surface area contributed by atoms with Crippen LogP contribution >= 0.6 is 23.4 Å². The van der Waals surface area contributed by atoms with Gasteiger partial charge in [0.25, 0.3) is 0 Å². The van der Waals surface area contributed by atoms with Gasteiger partial charge in [-0.1, -0.05) is 23.4 Å². The minimum atomic E-state index is -0.498. The molecule has 1 aliphatic rings. The van der Waals surface area contributed by atoms with Crippen molar-refractivity contribution in [3.63, 3.8) is 0 Å². The van der Waals surface area contributed by atoms with Crippen LogP contribution in [0.4, 0.5) is 10.1 Å². The fourth-order valence-corrected chi connectivity index (χ4v) is 4.60. The Balaban J connectivity index is 1.55. The van der Waals surface area contributed by atoms with E-state index in [9.17, 15) is 9.18 Å². The summed E-state index contributed by atoms with van der Waals surface area (Å²) in [5.74, 6) is 0.716.